The summed E-state index contributed by atoms with van der Waals surface area (Å²) in [7, 11) is 1.63. The van der Waals surface area contributed by atoms with Gasteiger partial charge in [-0.2, -0.15) is 4.98 Å². The number of rotatable bonds is 7. The predicted octanol–water partition coefficient (Wildman–Crippen LogP) is 0.995. The van der Waals surface area contributed by atoms with E-state index in [9.17, 15) is 4.79 Å². The number of aromatic nitrogens is 2. The largest absolute Gasteiger partial charge is 0.384 e. The van der Waals surface area contributed by atoms with Gasteiger partial charge in [-0.1, -0.05) is 5.16 Å². The Bertz CT molecular complexity index is 467. The number of ether oxygens (including phenoxy) is 1. The van der Waals surface area contributed by atoms with Gasteiger partial charge in [0.05, 0.1) is 19.6 Å². The molecule has 124 valence electrons. The average Bonchev–Trinajstić information content (AvgIpc) is 2.98. The van der Waals surface area contributed by atoms with Crippen molar-refractivity contribution in [1.29, 1.82) is 0 Å². The third kappa shape index (κ3) is 4.78. The summed E-state index contributed by atoms with van der Waals surface area (Å²) in [6.45, 7) is 7.22. The summed E-state index contributed by atoms with van der Waals surface area (Å²) < 4.78 is 10.0. The van der Waals surface area contributed by atoms with Gasteiger partial charge in [-0.25, -0.2) is 0 Å². The van der Waals surface area contributed by atoms with Crippen LogP contribution in [-0.2, 0) is 22.5 Å². The Hall–Kier alpha value is -1.47. The molecule has 0 bridgehead atoms. The van der Waals surface area contributed by atoms with E-state index >= 15 is 0 Å². The number of hydrogen-bond donors (Lipinski definition) is 1. The van der Waals surface area contributed by atoms with Gasteiger partial charge in [-0.3, -0.25) is 4.79 Å². The molecule has 1 saturated heterocycles. The van der Waals surface area contributed by atoms with Gasteiger partial charge in [0.25, 0.3) is 0 Å². The molecule has 1 fully saturated rings. The zero-order valence-corrected chi connectivity index (χ0v) is 13.7. The number of piperidine rings is 1. The fourth-order valence-corrected chi connectivity index (χ4v) is 2.64. The van der Waals surface area contributed by atoms with Gasteiger partial charge in [0.2, 0.25) is 11.8 Å². The standard InChI is InChI=1S/C15H26N4O3/c1-11(2)19-7-4-12(5-8-19)15(20)16-10-13-17-14(22-18-13)6-9-21-3/h11-12H,4-10H2,1-3H3,(H,16,20). The van der Waals surface area contributed by atoms with E-state index in [1.807, 2.05) is 0 Å². The number of methoxy groups -OCH3 is 1. The maximum atomic E-state index is 12.2. The maximum Gasteiger partial charge on any atom is 0.229 e. The number of nitrogens with zero attached hydrogens (tertiary/aromatic N) is 3. The molecule has 1 N–H and O–H groups in total. The molecule has 1 aromatic heterocycles. The lowest BCUT2D eigenvalue weighted by Gasteiger charge is -2.33. The van der Waals surface area contributed by atoms with Gasteiger partial charge in [-0.15, -0.1) is 0 Å². The lowest BCUT2D eigenvalue weighted by Crippen LogP contribution is -2.43. The first-order chi connectivity index (χ1) is 10.6. The van der Waals surface area contributed by atoms with Gasteiger partial charge >= 0.3 is 0 Å². The maximum absolute atomic E-state index is 12.2. The first-order valence-electron chi connectivity index (χ1n) is 7.92. The van der Waals surface area contributed by atoms with Crippen LogP contribution in [0.15, 0.2) is 4.52 Å². The van der Waals surface area contributed by atoms with Crippen molar-refractivity contribution in [3.05, 3.63) is 11.7 Å². The third-order valence-corrected chi connectivity index (χ3v) is 4.08. The van der Waals surface area contributed by atoms with Gasteiger partial charge in [0.15, 0.2) is 5.82 Å². The molecule has 2 rings (SSSR count). The van der Waals surface area contributed by atoms with E-state index in [0.29, 0.717) is 37.3 Å². The first kappa shape index (κ1) is 16.9. The Morgan fingerprint density at radius 3 is 2.82 bits per heavy atom. The minimum Gasteiger partial charge on any atom is -0.384 e. The quantitative estimate of drug-likeness (QED) is 0.809. The van der Waals surface area contributed by atoms with Crippen molar-refractivity contribution in [3.63, 3.8) is 0 Å². The van der Waals surface area contributed by atoms with Crippen LogP contribution in [0.4, 0.5) is 0 Å². The Balaban J connectivity index is 1.72. The third-order valence-electron chi connectivity index (χ3n) is 4.08. The van der Waals surface area contributed by atoms with E-state index < -0.39 is 0 Å². The Morgan fingerprint density at radius 2 is 2.18 bits per heavy atom. The highest BCUT2D eigenvalue weighted by molar-refractivity contribution is 5.78. The summed E-state index contributed by atoms with van der Waals surface area (Å²) >= 11 is 0. The molecule has 2 heterocycles. The van der Waals surface area contributed by atoms with Crippen molar-refractivity contribution in [1.82, 2.24) is 20.4 Å². The number of carbonyl (C=O) groups is 1. The number of carbonyl (C=O) groups excluding carboxylic acids is 1. The molecule has 0 aromatic carbocycles. The van der Waals surface area contributed by atoms with Crippen molar-refractivity contribution in [2.45, 2.75) is 45.7 Å². The average molecular weight is 310 g/mol. The lowest BCUT2D eigenvalue weighted by molar-refractivity contribution is -0.126. The molecule has 0 saturated carbocycles. The monoisotopic (exact) mass is 310 g/mol. The molecule has 0 radical (unpaired) electrons. The minimum atomic E-state index is 0.0895. The van der Waals surface area contributed by atoms with Gasteiger partial charge < -0.3 is 19.5 Å². The van der Waals surface area contributed by atoms with E-state index in [1.54, 1.807) is 7.11 Å². The molecule has 7 heteroatoms. The zero-order chi connectivity index (χ0) is 15.9. The normalized spacial score (nSPS) is 17.1. The predicted molar refractivity (Wildman–Crippen MR) is 81.2 cm³/mol. The summed E-state index contributed by atoms with van der Waals surface area (Å²) in [6.07, 6.45) is 2.41. The molecule has 22 heavy (non-hydrogen) atoms. The first-order valence-corrected chi connectivity index (χ1v) is 7.92. The molecular formula is C15H26N4O3. The highest BCUT2D eigenvalue weighted by atomic mass is 16.5. The Labute approximate surface area is 131 Å². The SMILES string of the molecule is COCCc1nc(CNC(=O)C2CCN(C(C)C)CC2)no1. The minimum absolute atomic E-state index is 0.0895. The molecule has 0 atom stereocenters. The van der Waals surface area contributed by atoms with Gasteiger partial charge in [0, 0.05) is 19.1 Å². The Morgan fingerprint density at radius 1 is 1.45 bits per heavy atom. The van der Waals surface area contributed by atoms with Crippen LogP contribution >= 0.6 is 0 Å². The highest BCUT2D eigenvalue weighted by Crippen LogP contribution is 2.19. The van der Waals surface area contributed by atoms with E-state index in [4.69, 9.17) is 9.26 Å². The van der Waals surface area contributed by atoms with Crippen LogP contribution in [0.2, 0.25) is 0 Å². The summed E-state index contributed by atoms with van der Waals surface area (Å²) in [5.41, 5.74) is 0. The molecule has 7 nitrogen and oxygen atoms in total. The van der Waals surface area contributed by atoms with Crippen LogP contribution in [0.3, 0.4) is 0 Å². The van der Waals surface area contributed by atoms with Crippen molar-refractivity contribution in [3.8, 4) is 0 Å². The van der Waals surface area contributed by atoms with Crippen molar-refractivity contribution < 1.29 is 14.1 Å². The second kappa shape index (κ2) is 8.24. The molecule has 1 aromatic rings. The summed E-state index contributed by atoms with van der Waals surface area (Å²) in [6, 6.07) is 0.550. The second-order valence-corrected chi connectivity index (χ2v) is 5.97. The highest BCUT2D eigenvalue weighted by Gasteiger charge is 2.26. The summed E-state index contributed by atoms with van der Waals surface area (Å²) in [5.74, 6) is 1.23. The number of hydrogen-bond acceptors (Lipinski definition) is 6. The number of nitrogens with one attached hydrogen (secondary N) is 1. The molecule has 1 amide bonds. The molecule has 0 aliphatic carbocycles. The molecule has 0 unspecified atom stereocenters. The number of amides is 1. The molecule has 1 aliphatic rings. The Kier molecular flexibility index (Phi) is 6.33. The molecule has 1 aliphatic heterocycles. The van der Waals surface area contributed by atoms with Crippen LogP contribution in [0.25, 0.3) is 0 Å². The van der Waals surface area contributed by atoms with Gasteiger partial charge in [-0.05, 0) is 39.8 Å². The fraction of sp³-hybridized carbons (Fsp3) is 0.800. The van der Waals surface area contributed by atoms with E-state index in [2.05, 4.69) is 34.2 Å². The van der Waals surface area contributed by atoms with E-state index in [0.717, 1.165) is 25.9 Å². The van der Waals surface area contributed by atoms with Crippen molar-refractivity contribution >= 4 is 5.91 Å². The van der Waals surface area contributed by atoms with Crippen LogP contribution in [0.1, 0.15) is 38.4 Å². The molecule has 0 spiro atoms. The summed E-state index contributed by atoms with van der Waals surface area (Å²) in [4.78, 5) is 18.8. The topological polar surface area (TPSA) is 80.5 Å². The van der Waals surface area contributed by atoms with E-state index in [-0.39, 0.29) is 11.8 Å². The smallest absolute Gasteiger partial charge is 0.229 e. The van der Waals surface area contributed by atoms with Crippen LogP contribution in [0.5, 0.6) is 0 Å². The van der Waals surface area contributed by atoms with Crippen LogP contribution < -0.4 is 5.32 Å². The van der Waals surface area contributed by atoms with Crippen molar-refractivity contribution in [2.75, 3.05) is 26.8 Å². The van der Waals surface area contributed by atoms with Crippen LogP contribution in [0, 0.1) is 5.92 Å². The van der Waals surface area contributed by atoms with E-state index in [1.165, 1.54) is 0 Å². The fourth-order valence-electron chi connectivity index (χ4n) is 2.64. The van der Waals surface area contributed by atoms with Crippen molar-refractivity contribution in [2.24, 2.45) is 5.92 Å². The second-order valence-electron chi connectivity index (χ2n) is 5.97. The number of likely N-dealkylation sites (tertiary alicyclic amines) is 1. The van der Waals surface area contributed by atoms with Gasteiger partial charge in [0.1, 0.15) is 0 Å². The van der Waals surface area contributed by atoms with Crippen LogP contribution in [-0.4, -0.2) is 53.8 Å². The zero-order valence-electron chi connectivity index (χ0n) is 13.7. The lowest BCUT2D eigenvalue weighted by atomic mass is 9.95. The summed E-state index contributed by atoms with van der Waals surface area (Å²) in [5, 5.41) is 6.77. The molecular weight excluding hydrogens is 284 g/mol.